The molecule has 0 unspecified atom stereocenters. The Labute approximate surface area is 163 Å². The van der Waals surface area contributed by atoms with Crippen molar-refractivity contribution in [2.24, 2.45) is 7.05 Å². The summed E-state index contributed by atoms with van der Waals surface area (Å²) in [6, 6.07) is 10.1. The molecule has 0 radical (unpaired) electrons. The van der Waals surface area contributed by atoms with Gasteiger partial charge in [-0.3, -0.25) is 14.9 Å². The number of carbonyl (C=O) groups is 1. The van der Waals surface area contributed by atoms with Crippen molar-refractivity contribution in [1.82, 2.24) is 14.8 Å². The van der Waals surface area contributed by atoms with Gasteiger partial charge in [-0.15, -0.1) is 21.5 Å². The third-order valence-corrected chi connectivity index (χ3v) is 5.86. The smallest absolute Gasteiger partial charge is 0.292 e. The molecule has 2 heterocycles. The molecule has 0 aliphatic rings. The number of nitro benzene ring substituents is 1. The Bertz CT molecular complexity index is 955. The maximum absolute atomic E-state index is 12.5. The minimum absolute atomic E-state index is 0.139. The van der Waals surface area contributed by atoms with Gasteiger partial charge >= 0.3 is 0 Å². The molecule has 1 atom stereocenters. The van der Waals surface area contributed by atoms with Gasteiger partial charge in [-0.05, 0) is 24.4 Å². The number of hydrogen-bond acceptors (Lipinski definition) is 7. The number of benzene rings is 1. The number of para-hydroxylation sites is 2. The number of nitrogens with one attached hydrogen (secondary N) is 1. The highest BCUT2D eigenvalue weighted by Gasteiger charge is 2.22. The molecule has 1 amide bonds. The Kier molecular flexibility index (Phi) is 5.87. The van der Waals surface area contributed by atoms with E-state index >= 15 is 0 Å². The van der Waals surface area contributed by atoms with E-state index in [4.69, 9.17) is 0 Å². The number of rotatable bonds is 7. The van der Waals surface area contributed by atoms with Crippen LogP contribution >= 0.6 is 23.1 Å². The van der Waals surface area contributed by atoms with Crippen LogP contribution in [0.25, 0.3) is 0 Å². The second-order valence-electron chi connectivity index (χ2n) is 5.74. The van der Waals surface area contributed by atoms with Crippen molar-refractivity contribution in [3.8, 4) is 0 Å². The summed E-state index contributed by atoms with van der Waals surface area (Å²) in [5.74, 6) is 0.475. The van der Waals surface area contributed by atoms with Crippen LogP contribution in [0.2, 0.25) is 0 Å². The van der Waals surface area contributed by atoms with Crippen molar-refractivity contribution < 1.29 is 9.72 Å². The summed E-state index contributed by atoms with van der Waals surface area (Å²) in [6.45, 7) is 1.72. The topological polar surface area (TPSA) is 103 Å². The third kappa shape index (κ3) is 4.52. The van der Waals surface area contributed by atoms with E-state index in [1.165, 1.54) is 28.8 Å². The van der Waals surface area contributed by atoms with Crippen molar-refractivity contribution >= 4 is 40.4 Å². The normalized spacial score (nSPS) is 11.9. The SMILES string of the molecule is C[C@@H](Sc1nnc(Cc2cccs2)n1C)C(=O)Nc1ccccc1[N+](=O)[O-]. The van der Waals surface area contributed by atoms with Crippen LogP contribution in [0.3, 0.4) is 0 Å². The molecule has 1 aromatic carbocycles. The maximum Gasteiger partial charge on any atom is 0.292 e. The highest BCUT2D eigenvalue weighted by Crippen LogP contribution is 2.27. The first-order chi connectivity index (χ1) is 13.0. The molecule has 8 nitrogen and oxygen atoms in total. The average molecular weight is 403 g/mol. The Balaban J connectivity index is 1.67. The minimum atomic E-state index is -0.521. The largest absolute Gasteiger partial charge is 0.319 e. The van der Waals surface area contributed by atoms with Gasteiger partial charge in [0.2, 0.25) is 5.91 Å². The number of nitro groups is 1. The molecule has 0 saturated heterocycles. The van der Waals surface area contributed by atoms with Gasteiger partial charge in [0.1, 0.15) is 11.5 Å². The summed E-state index contributed by atoms with van der Waals surface area (Å²) in [4.78, 5) is 24.2. The van der Waals surface area contributed by atoms with Crippen molar-refractivity contribution in [3.05, 3.63) is 62.6 Å². The fourth-order valence-electron chi connectivity index (χ4n) is 2.36. The van der Waals surface area contributed by atoms with Crippen LogP contribution < -0.4 is 5.32 Å². The summed E-state index contributed by atoms with van der Waals surface area (Å²) in [5, 5.41) is 24.2. The molecule has 1 N–H and O–H groups in total. The van der Waals surface area contributed by atoms with Crippen LogP contribution in [0.1, 0.15) is 17.6 Å². The molecule has 140 valence electrons. The van der Waals surface area contributed by atoms with Gasteiger partial charge in [-0.25, -0.2) is 0 Å². The van der Waals surface area contributed by atoms with E-state index < -0.39 is 10.2 Å². The number of carbonyl (C=O) groups excluding carboxylic acids is 1. The summed E-state index contributed by atoms with van der Waals surface area (Å²) >= 11 is 2.91. The molecule has 27 heavy (non-hydrogen) atoms. The number of nitrogens with zero attached hydrogens (tertiary/aromatic N) is 4. The minimum Gasteiger partial charge on any atom is -0.319 e. The molecule has 0 spiro atoms. The fourth-order valence-corrected chi connectivity index (χ4v) is 3.89. The Hall–Kier alpha value is -2.72. The van der Waals surface area contributed by atoms with Crippen molar-refractivity contribution in [2.45, 2.75) is 23.8 Å². The van der Waals surface area contributed by atoms with Gasteiger partial charge in [0.25, 0.3) is 5.69 Å². The first kappa shape index (κ1) is 19.1. The van der Waals surface area contributed by atoms with E-state index in [-0.39, 0.29) is 17.3 Å². The van der Waals surface area contributed by atoms with E-state index in [2.05, 4.69) is 15.5 Å². The summed E-state index contributed by atoms with van der Waals surface area (Å²) in [7, 11) is 1.86. The second-order valence-corrected chi connectivity index (χ2v) is 8.08. The molecular formula is C17H17N5O3S2. The van der Waals surface area contributed by atoms with Gasteiger partial charge in [0, 0.05) is 24.4 Å². The van der Waals surface area contributed by atoms with Crippen LogP contribution in [0.4, 0.5) is 11.4 Å². The molecular weight excluding hydrogens is 386 g/mol. The first-order valence-electron chi connectivity index (χ1n) is 8.07. The van der Waals surface area contributed by atoms with Crippen LogP contribution in [0, 0.1) is 10.1 Å². The monoisotopic (exact) mass is 403 g/mol. The van der Waals surface area contributed by atoms with E-state index in [0.29, 0.717) is 11.6 Å². The Morgan fingerprint density at radius 2 is 2.11 bits per heavy atom. The zero-order chi connectivity index (χ0) is 19.4. The average Bonchev–Trinajstić information content (AvgIpc) is 3.27. The Morgan fingerprint density at radius 3 is 2.81 bits per heavy atom. The molecule has 3 aromatic rings. The highest BCUT2D eigenvalue weighted by atomic mass is 32.2. The van der Waals surface area contributed by atoms with Crippen LogP contribution in [-0.4, -0.2) is 30.8 Å². The van der Waals surface area contributed by atoms with Crippen molar-refractivity contribution in [2.75, 3.05) is 5.32 Å². The van der Waals surface area contributed by atoms with E-state index in [1.807, 2.05) is 29.1 Å². The lowest BCUT2D eigenvalue weighted by molar-refractivity contribution is -0.383. The number of hydrogen-bond donors (Lipinski definition) is 1. The summed E-state index contributed by atoms with van der Waals surface area (Å²) < 4.78 is 1.86. The lowest BCUT2D eigenvalue weighted by atomic mass is 10.2. The zero-order valence-corrected chi connectivity index (χ0v) is 16.3. The predicted octanol–water partition coefficient (Wildman–Crippen LogP) is 3.49. The lowest BCUT2D eigenvalue weighted by Gasteiger charge is -2.11. The fraction of sp³-hybridized carbons (Fsp3) is 0.235. The lowest BCUT2D eigenvalue weighted by Crippen LogP contribution is -2.23. The number of amides is 1. The van der Waals surface area contributed by atoms with Gasteiger partial charge in [0.15, 0.2) is 5.16 Å². The van der Waals surface area contributed by atoms with Crippen molar-refractivity contribution in [1.29, 1.82) is 0 Å². The molecule has 0 saturated carbocycles. The molecule has 3 rings (SSSR count). The Morgan fingerprint density at radius 1 is 1.33 bits per heavy atom. The highest BCUT2D eigenvalue weighted by molar-refractivity contribution is 8.00. The second kappa shape index (κ2) is 8.31. The number of aromatic nitrogens is 3. The molecule has 0 aliphatic heterocycles. The quantitative estimate of drug-likeness (QED) is 0.368. The maximum atomic E-state index is 12.5. The third-order valence-electron chi connectivity index (χ3n) is 3.85. The van der Waals surface area contributed by atoms with Gasteiger partial charge in [-0.1, -0.05) is 30.0 Å². The number of thioether (sulfide) groups is 1. The van der Waals surface area contributed by atoms with Gasteiger partial charge < -0.3 is 9.88 Å². The summed E-state index contributed by atoms with van der Waals surface area (Å²) in [5.41, 5.74) is 0.0382. The van der Waals surface area contributed by atoms with Crippen molar-refractivity contribution in [3.63, 3.8) is 0 Å². The van der Waals surface area contributed by atoms with E-state index in [1.54, 1.807) is 30.4 Å². The van der Waals surface area contributed by atoms with Crippen LogP contribution in [0.15, 0.2) is 46.9 Å². The van der Waals surface area contributed by atoms with Crippen LogP contribution in [0.5, 0.6) is 0 Å². The first-order valence-corrected chi connectivity index (χ1v) is 9.83. The molecule has 10 heteroatoms. The van der Waals surface area contributed by atoms with Gasteiger partial charge in [0.05, 0.1) is 10.2 Å². The summed E-state index contributed by atoms with van der Waals surface area (Å²) in [6.07, 6.45) is 0.679. The molecule has 0 aliphatic carbocycles. The van der Waals surface area contributed by atoms with Crippen LogP contribution in [-0.2, 0) is 18.3 Å². The predicted molar refractivity (Wildman–Crippen MR) is 105 cm³/mol. The molecule has 0 fully saturated rings. The standard InChI is InChI=1S/C17H17N5O3S2/c1-11(16(23)18-13-7-3-4-8-14(13)22(24)25)27-17-20-19-15(21(17)2)10-12-6-5-9-26-12/h3-9,11H,10H2,1-2H3,(H,18,23)/t11-/m1/s1. The molecule has 2 aromatic heterocycles. The zero-order valence-electron chi connectivity index (χ0n) is 14.7. The van der Waals surface area contributed by atoms with Gasteiger partial charge in [-0.2, -0.15) is 0 Å². The van der Waals surface area contributed by atoms with E-state index in [9.17, 15) is 14.9 Å². The number of anilines is 1. The van der Waals surface area contributed by atoms with E-state index in [0.717, 1.165) is 5.82 Å². The molecule has 0 bridgehead atoms. The number of thiophene rings is 1.